The van der Waals surface area contributed by atoms with E-state index >= 15 is 0 Å². The fourth-order valence-electron chi connectivity index (χ4n) is 3.74. The number of allylic oxidation sites excluding steroid dienone is 1. The van der Waals surface area contributed by atoms with E-state index in [-0.39, 0.29) is 11.9 Å². The molecule has 9 heteroatoms. The van der Waals surface area contributed by atoms with Gasteiger partial charge in [0.1, 0.15) is 5.82 Å². The Balaban J connectivity index is 1.82. The predicted octanol–water partition coefficient (Wildman–Crippen LogP) is 4.74. The van der Waals surface area contributed by atoms with Crippen molar-refractivity contribution in [3.63, 3.8) is 0 Å². The van der Waals surface area contributed by atoms with E-state index in [9.17, 15) is 4.39 Å². The van der Waals surface area contributed by atoms with E-state index in [0.29, 0.717) is 40.4 Å². The molecule has 1 atom stereocenters. The van der Waals surface area contributed by atoms with Crippen molar-refractivity contribution in [2.24, 2.45) is 0 Å². The minimum atomic E-state index is -0.375. The Hall–Kier alpha value is -3.72. The molecule has 0 radical (unpaired) electrons. The van der Waals surface area contributed by atoms with Gasteiger partial charge < -0.3 is 24.2 Å². The van der Waals surface area contributed by atoms with Crippen molar-refractivity contribution in [2.75, 3.05) is 20.8 Å². The molecule has 0 aliphatic carbocycles. The van der Waals surface area contributed by atoms with E-state index < -0.39 is 0 Å². The van der Waals surface area contributed by atoms with E-state index in [1.807, 2.05) is 30.0 Å². The second-order valence-electron chi connectivity index (χ2n) is 7.33. The van der Waals surface area contributed by atoms with Gasteiger partial charge in [0.05, 0.1) is 25.8 Å². The lowest BCUT2D eigenvalue weighted by molar-refractivity contribution is 0.354. The van der Waals surface area contributed by atoms with Crippen LogP contribution in [-0.2, 0) is 0 Å². The summed E-state index contributed by atoms with van der Waals surface area (Å²) in [5.74, 6) is 1.56. The van der Waals surface area contributed by atoms with Crippen molar-refractivity contribution in [3.8, 4) is 22.9 Å². The second-order valence-corrected chi connectivity index (χ2v) is 7.71. The van der Waals surface area contributed by atoms with Crippen LogP contribution in [0.5, 0.6) is 11.5 Å². The first-order valence-corrected chi connectivity index (χ1v) is 10.6. The second kappa shape index (κ2) is 9.41. The van der Waals surface area contributed by atoms with Gasteiger partial charge in [0.25, 0.3) is 5.89 Å². The van der Waals surface area contributed by atoms with Gasteiger partial charge in [0.15, 0.2) is 16.6 Å². The van der Waals surface area contributed by atoms with Crippen LogP contribution in [0.25, 0.3) is 17.0 Å². The molecule has 1 aliphatic rings. The largest absolute Gasteiger partial charge is 0.493 e. The first-order chi connectivity index (χ1) is 16.0. The summed E-state index contributed by atoms with van der Waals surface area (Å²) in [6.07, 6.45) is 1.77. The molecule has 0 spiro atoms. The minimum absolute atomic E-state index is 0.329. The molecule has 1 N–H and O–H groups in total. The van der Waals surface area contributed by atoms with Gasteiger partial charge in [-0.25, -0.2) is 4.39 Å². The first-order valence-electron chi connectivity index (χ1n) is 10.2. The summed E-state index contributed by atoms with van der Waals surface area (Å²) < 4.78 is 29.9. The summed E-state index contributed by atoms with van der Waals surface area (Å²) in [7, 11) is 3.17. The summed E-state index contributed by atoms with van der Waals surface area (Å²) in [4.78, 5) is 6.52. The zero-order valence-corrected chi connectivity index (χ0v) is 19.3. The molecule has 3 aromatic rings. The fourth-order valence-corrected chi connectivity index (χ4v) is 4.07. The summed E-state index contributed by atoms with van der Waals surface area (Å²) >= 11 is 5.63. The lowest BCUT2D eigenvalue weighted by atomic mass is 9.94. The summed E-state index contributed by atoms with van der Waals surface area (Å²) in [5.41, 5.74) is 3.14. The number of nitrogens with one attached hydrogen (secondary N) is 1. The van der Waals surface area contributed by atoms with Crippen LogP contribution in [0.4, 0.5) is 4.39 Å². The van der Waals surface area contributed by atoms with E-state index in [0.717, 1.165) is 16.8 Å². The molecular formula is C24H23FN4O3S. The number of ether oxygens (including phenoxy) is 2. The van der Waals surface area contributed by atoms with Crippen molar-refractivity contribution in [1.82, 2.24) is 20.4 Å². The van der Waals surface area contributed by atoms with Crippen LogP contribution >= 0.6 is 12.2 Å². The first kappa shape index (κ1) is 22.5. The molecular weight excluding hydrogens is 443 g/mol. The molecule has 0 fully saturated rings. The summed E-state index contributed by atoms with van der Waals surface area (Å²) in [6, 6.07) is 11.2. The zero-order chi connectivity index (χ0) is 23.5. The lowest BCUT2D eigenvalue weighted by Crippen LogP contribution is -2.45. The van der Waals surface area contributed by atoms with Crippen LogP contribution < -0.4 is 14.8 Å². The Bertz CT molecular complexity index is 1220. The molecule has 7 nitrogen and oxygen atoms in total. The van der Waals surface area contributed by atoms with Gasteiger partial charge in [-0.1, -0.05) is 17.3 Å². The number of hydrogen-bond donors (Lipinski definition) is 1. The molecule has 0 bridgehead atoms. The van der Waals surface area contributed by atoms with Crippen molar-refractivity contribution < 1.29 is 18.4 Å². The van der Waals surface area contributed by atoms with E-state index in [1.165, 1.54) is 12.1 Å². The Morgan fingerprint density at radius 2 is 1.91 bits per heavy atom. The van der Waals surface area contributed by atoms with Gasteiger partial charge in [-0.05, 0) is 61.1 Å². The zero-order valence-electron chi connectivity index (χ0n) is 18.5. The normalized spacial score (nSPS) is 15.9. The number of methoxy groups -OCH3 is 2. The molecule has 33 heavy (non-hydrogen) atoms. The Morgan fingerprint density at radius 3 is 2.58 bits per heavy atom. The van der Waals surface area contributed by atoms with Crippen LogP contribution in [0.3, 0.4) is 0 Å². The van der Waals surface area contributed by atoms with Crippen molar-refractivity contribution >= 4 is 22.9 Å². The summed E-state index contributed by atoms with van der Waals surface area (Å²) in [6.45, 7) is 6.29. The van der Waals surface area contributed by atoms with Crippen LogP contribution in [0.15, 0.2) is 65.3 Å². The third kappa shape index (κ3) is 4.31. The fraction of sp³-hybridized carbons (Fsp3) is 0.208. The Labute approximate surface area is 196 Å². The van der Waals surface area contributed by atoms with Crippen LogP contribution in [-0.4, -0.2) is 40.9 Å². The van der Waals surface area contributed by atoms with Gasteiger partial charge in [-0.15, -0.1) is 6.58 Å². The maximum Gasteiger partial charge on any atom is 0.258 e. The molecule has 170 valence electrons. The van der Waals surface area contributed by atoms with E-state index in [2.05, 4.69) is 22.0 Å². The third-order valence-corrected chi connectivity index (χ3v) is 5.75. The highest BCUT2D eigenvalue weighted by Crippen LogP contribution is 2.40. The smallest absolute Gasteiger partial charge is 0.258 e. The molecule has 1 unspecified atom stereocenters. The third-order valence-electron chi connectivity index (χ3n) is 5.41. The topological polar surface area (TPSA) is 72.7 Å². The number of hydrogen-bond acceptors (Lipinski definition) is 6. The molecule has 2 aromatic carbocycles. The van der Waals surface area contributed by atoms with Gasteiger partial charge in [0, 0.05) is 17.8 Å². The van der Waals surface area contributed by atoms with Gasteiger partial charge in [-0.3, -0.25) is 0 Å². The molecule has 0 saturated heterocycles. The summed E-state index contributed by atoms with van der Waals surface area (Å²) in [5, 5.41) is 8.04. The number of nitrogens with zero attached hydrogens (tertiary/aromatic N) is 3. The Morgan fingerprint density at radius 1 is 1.18 bits per heavy atom. The molecule has 1 aromatic heterocycles. The number of rotatable bonds is 7. The molecule has 1 aliphatic heterocycles. The average molecular weight is 467 g/mol. The molecule has 0 saturated carbocycles. The SMILES string of the molecule is C=CCN1C(=S)NC(c2ccc(OC)c(OC)c2)C(c2nc(-c3ccc(F)cc3)no2)=C1C. The van der Waals surface area contributed by atoms with Gasteiger partial charge in [-0.2, -0.15) is 4.98 Å². The highest BCUT2D eigenvalue weighted by atomic mass is 32.1. The molecule has 2 heterocycles. The average Bonchev–Trinajstić information content (AvgIpc) is 3.31. The van der Waals surface area contributed by atoms with Gasteiger partial charge in [0.2, 0.25) is 5.82 Å². The predicted molar refractivity (Wildman–Crippen MR) is 127 cm³/mol. The molecule has 0 amide bonds. The van der Waals surface area contributed by atoms with Crippen LogP contribution in [0.1, 0.15) is 24.4 Å². The maximum absolute atomic E-state index is 13.3. The highest BCUT2D eigenvalue weighted by Gasteiger charge is 2.34. The number of halogens is 1. The van der Waals surface area contributed by atoms with Crippen molar-refractivity contribution in [1.29, 1.82) is 0 Å². The number of aromatic nitrogens is 2. The highest BCUT2D eigenvalue weighted by molar-refractivity contribution is 7.80. The number of benzene rings is 2. The van der Waals surface area contributed by atoms with E-state index in [4.69, 9.17) is 26.2 Å². The van der Waals surface area contributed by atoms with Crippen LogP contribution in [0, 0.1) is 5.82 Å². The molecule has 4 rings (SSSR count). The monoisotopic (exact) mass is 466 g/mol. The lowest BCUT2D eigenvalue weighted by Gasteiger charge is -2.37. The Kier molecular flexibility index (Phi) is 6.41. The van der Waals surface area contributed by atoms with Crippen LogP contribution in [0.2, 0.25) is 0 Å². The van der Waals surface area contributed by atoms with Gasteiger partial charge >= 0.3 is 0 Å². The quantitative estimate of drug-likeness (QED) is 0.395. The maximum atomic E-state index is 13.3. The minimum Gasteiger partial charge on any atom is -0.493 e. The standard InChI is InChI=1S/C24H23FN4O3S/c1-5-12-29-14(2)20(23-27-22(28-32-23)15-6-9-17(25)10-7-15)21(26-24(29)33)16-8-11-18(30-3)19(13-16)31-4/h5-11,13,21H,1,12H2,2-4H3,(H,26,33). The van der Waals surface area contributed by atoms with Crippen molar-refractivity contribution in [2.45, 2.75) is 13.0 Å². The van der Waals surface area contributed by atoms with E-state index in [1.54, 1.807) is 32.4 Å². The van der Waals surface area contributed by atoms with Crippen molar-refractivity contribution in [3.05, 3.63) is 78.1 Å². The number of thiocarbonyl (C=S) groups is 1.